The molecule has 0 fully saturated rings. The molecule has 0 bridgehead atoms. The summed E-state index contributed by atoms with van der Waals surface area (Å²) >= 11 is 0. The maximum absolute atomic E-state index is 11.5. The third kappa shape index (κ3) is 4.76. The van der Waals surface area contributed by atoms with Gasteiger partial charge in [0, 0.05) is 29.7 Å². The van der Waals surface area contributed by atoms with Crippen molar-refractivity contribution in [2.75, 3.05) is 6.54 Å². The van der Waals surface area contributed by atoms with E-state index in [4.69, 9.17) is 0 Å². The van der Waals surface area contributed by atoms with E-state index in [2.05, 4.69) is 57.2 Å². The van der Waals surface area contributed by atoms with E-state index in [0.29, 0.717) is 0 Å². The third-order valence-corrected chi connectivity index (χ3v) is 10.6. The van der Waals surface area contributed by atoms with Gasteiger partial charge in [-0.25, -0.2) is 0 Å². The molecule has 2 N–H and O–H groups in total. The second kappa shape index (κ2) is 9.80. The van der Waals surface area contributed by atoms with Gasteiger partial charge in [0.1, 0.15) is 6.54 Å². The molecule has 0 spiro atoms. The zero-order chi connectivity index (χ0) is 31.0. The molecule has 42 heavy (non-hydrogen) atoms. The van der Waals surface area contributed by atoms with Crippen molar-refractivity contribution in [3.63, 3.8) is 0 Å². The average Bonchev–Trinajstić information content (AvgIpc) is 3.26. The second-order valence-corrected chi connectivity index (χ2v) is 14.8. The van der Waals surface area contributed by atoms with Gasteiger partial charge in [0.25, 0.3) is 20.2 Å². The molecule has 0 unspecified atom stereocenters. The molecule has 8 nitrogen and oxygen atoms in total. The second-order valence-electron chi connectivity index (χ2n) is 11.9. The molecule has 4 aromatic rings. The molecule has 220 valence electrons. The lowest BCUT2D eigenvalue weighted by Crippen LogP contribution is -2.26. The molecule has 0 atom stereocenters. The highest BCUT2D eigenvalue weighted by Crippen LogP contribution is 2.45. The van der Waals surface area contributed by atoms with Gasteiger partial charge in [0.2, 0.25) is 5.69 Å². The Bertz CT molecular complexity index is 2090. The van der Waals surface area contributed by atoms with Gasteiger partial charge >= 0.3 is 0 Å². The normalized spacial score (nSPS) is 17.1. The van der Waals surface area contributed by atoms with Crippen molar-refractivity contribution in [2.24, 2.45) is 4.99 Å². The monoisotopic (exact) mass is 607 g/mol. The summed E-state index contributed by atoms with van der Waals surface area (Å²) in [6, 6.07) is 17.4. The molecule has 0 aromatic heterocycles. The predicted molar refractivity (Wildman–Crippen MR) is 167 cm³/mol. The van der Waals surface area contributed by atoms with Gasteiger partial charge in [-0.05, 0) is 91.2 Å². The van der Waals surface area contributed by atoms with Gasteiger partial charge in [-0.3, -0.25) is 14.1 Å². The number of rotatable bonds is 3. The number of nitrogens with zero attached hydrogens (tertiary/aromatic N) is 2. The number of hydrogen-bond donors (Lipinski definition) is 2. The Labute approximate surface area is 246 Å². The van der Waals surface area contributed by atoms with Crippen LogP contribution in [-0.4, -0.2) is 48.5 Å². The fraction of sp³-hybridized carbons (Fsp3) is 0.312. The van der Waals surface area contributed by atoms with Crippen molar-refractivity contribution < 1.29 is 30.5 Å². The van der Waals surface area contributed by atoms with Crippen LogP contribution in [-0.2, 0) is 31.1 Å². The zero-order valence-corrected chi connectivity index (χ0v) is 26.4. The molecule has 0 aliphatic carbocycles. The van der Waals surface area contributed by atoms with Crippen LogP contribution in [0.15, 0.2) is 75.4 Å². The summed E-state index contributed by atoms with van der Waals surface area (Å²) in [4.78, 5) is 4.41. The minimum atomic E-state index is -4.20. The Morgan fingerprint density at radius 3 is 1.69 bits per heavy atom. The highest BCUT2D eigenvalue weighted by Gasteiger charge is 2.43. The summed E-state index contributed by atoms with van der Waals surface area (Å²) in [6.45, 7) is 15.5. The summed E-state index contributed by atoms with van der Waals surface area (Å²) in [7, 11) is -8.40. The lowest BCUT2D eigenvalue weighted by Gasteiger charge is -2.22. The molecule has 2 heterocycles. The fourth-order valence-electron chi connectivity index (χ4n) is 6.14. The van der Waals surface area contributed by atoms with E-state index in [9.17, 15) is 25.9 Å². The van der Waals surface area contributed by atoms with Gasteiger partial charge in [0.15, 0.2) is 5.71 Å². The maximum Gasteiger partial charge on any atom is 0.294 e. The molecule has 10 heteroatoms. The molecule has 0 saturated carbocycles. The quantitative estimate of drug-likeness (QED) is 0.191. The molecule has 2 aliphatic rings. The van der Waals surface area contributed by atoms with E-state index < -0.39 is 20.2 Å². The highest BCUT2D eigenvalue weighted by molar-refractivity contribution is 7.86. The van der Waals surface area contributed by atoms with Gasteiger partial charge in [-0.15, -0.1) is 0 Å². The first-order valence-electron chi connectivity index (χ1n) is 13.7. The van der Waals surface area contributed by atoms with Crippen molar-refractivity contribution in [2.45, 2.75) is 69.1 Å². The minimum absolute atomic E-state index is 0.0585. The van der Waals surface area contributed by atoms with E-state index in [1.807, 2.05) is 25.1 Å². The lowest BCUT2D eigenvalue weighted by atomic mass is 9.80. The van der Waals surface area contributed by atoms with Crippen LogP contribution in [0.4, 0.5) is 11.4 Å². The van der Waals surface area contributed by atoms with Crippen LogP contribution in [0.1, 0.15) is 59.6 Å². The van der Waals surface area contributed by atoms with Gasteiger partial charge in [0.05, 0.1) is 20.9 Å². The summed E-state index contributed by atoms with van der Waals surface area (Å²) in [5.41, 5.74) is 5.94. The Morgan fingerprint density at radius 2 is 1.19 bits per heavy atom. The van der Waals surface area contributed by atoms with Crippen molar-refractivity contribution in [1.82, 2.24) is 0 Å². The van der Waals surface area contributed by atoms with Gasteiger partial charge < -0.3 is 0 Å². The molecule has 4 aromatic carbocycles. The first-order chi connectivity index (χ1) is 19.4. The molecular weight excluding hydrogens is 572 g/mol. The molecule has 0 radical (unpaired) electrons. The summed E-state index contributed by atoms with van der Waals surface area (Å²) in [6.07, 6.45) is 0. The minimum Gasteiger partial charge on any atom is -0.282 e. The van der Waals surface area contributed by atoms with Crippen LogP contribution in [0.5, 0.6) is 0 Å². The first-order valence-corrected chi connectivity index (χ1v) is 16.5. The molecule has 0 amide bonds. The maximum atomic E-state index is 11.5. The number of fused-ring (bicyclic) bond motifs is 6. The topological polar surface area (TPSA) is 124 Å². The van der Waals surface area contributed by atoms with Crippen molar-refractivity contribution in [1.29, 1.82) is 0 Å². The van der Waals surface area contributed by atoms with Crippen LogP contribution in [0, 0.1) is 0 Å². The summed E-state index contributed by atoms with van der Waals surface area (Å²) in [5, 5.41) is 3.62. The van der Waals surface area contributed by atoms with E-state index in [1.54, 1.807) is 18.2 Å². The zero-order valence-electron chi connectivity index (χ0n) is 24.7. The van der Waals surface area contributed by atoms with Crippen molar-refractivity contribution in [3.05, 3.63) is 71.8 Å². The Balaban J connectivity index is 0.000000169. The van der Waals surface area contributed by atoms with Crippen molar-refractivity contribution in [3.8, 4) is 0 Å². The predicted octanol–water partition coefficient (Wildman–Crippen LogP) is 6.97. The van der Waals surface area contributed by atoms with Crippen LogP contribution >= 0.6 is 0 Å². The number of aliphatic imine (C=N–C) groups is 1. The Kier molecular flexibility index (Phi) is 7.01. The largest absolute Gasteiger partial charge is 0.294 e. The highest BCUT2D eigenvalue weighted by atomic mass is 32.2. The van der Waals surface area contributed by atoms with Crippen LogP contribution < -0.4 is 0 Å². The SMILES string of the molecule is CC1=Nc2ccc3ccc(S(=O)(=O)O)cc3c2C1(C)C.CC[N+]1=C(C)C(C)(C)c2c1ccc1ccc(S(=O)(=O)O)cc21. The van der Waals surface area contributed by atoms with E-state index in [0.717, 1.165) is 56.3 Å². The Morgan fingerprint density at radius 1 is 0.714 bits per heavy atom. The Hall–Kier alpha value is -3.44. The van der Waals surface area contributed by atoms with Crippen LogP contribution in [0.25, 0.3) is 21.5 Å². The van der Waals surface area contributed by atoms with E-state index in [1.165, 1.54) is 23.9 Å². The van der Waals surface area contributed by atoms with Gasteiger partial charge in [-0.1, -0.05) is 32.0 Å². The fourth-order valence-corrected chi connectivity index (χ4v) is 7.15. The van der Waals surface area contributed by atoms with Crippen LogP contribution in [0.2, 0.25) is 0 Å². The average molecular weight is 608 g/mol. The first kappa shape index (κ1) is 30.0. The smallest absolute Gasteiger partial charge is 0.282 e. The van der Waals surface area contributed by atoms with Crippen LogP contribution in [0.3, 0.4) is 0 Å². The molecule has 0 saturated heterocycles. The molecular formula is C32H35N2O6S2+. The molecule has 2 aliphatic heterocycles. The van der Waals surface area contributed by atoms with Crippen molar-refractivity contribution >= 4 is 64.6 Å². The lowest BCUT2D eigenvalue weighted by molar-refractivity contribution is -0.434. The molecule has 6 rings (SSSR count). The van der Waals surface area contributed by atoms with Gasteiger partial charge in [-0.2, -0.15) is 21.4 Å². The summed E-state index contributed by atoms with van der Waals surface area (Å²) in [5.74, 6) is 0. The number of hydrogen-bond acceptors (Lipinski definition) is 5. The third-order valence-electron chi connectivity index (χ3n) is 8.90. The van der Waals surface area contributed by atoms with E-state index in [-0.39, 0.29) is 20.6 Å². The standard InChI is InChI=1S/C17H19NO3S.C15H15NO3S/c1-5-18-11(2)17(3,4)16-14-10-13(22(19,20)21)8-6-12(14)7-9-15(16)18;1-9-15(2,3)14-12-8-11(20(17,18)19)6-4-10(12)5-7-13(14)16-9/h6-10H,5H2,1-4H3;4-8H,1-3H3,(H,17,18,19)/p+1. The van der Waals surface area contributed by atoms with E-state index >= 15 is 0 Å². The number of benzene rings is 4. The summed E-state index contributed by atoms with van der Waals surface area (Å²) < 4.78 is 66.4.